The predicted octanol–water partition coefficient (Wildman–Crippen LogP) is 3.93. The minimum atomic E-state index is 0.781. The molecule has 1 aliphatic heterocycles. The molecule has 1 saturated heterocycles. The Morgan fingerprint density at radius 3 is 2.37 bits per heavy atom. The van der Waals surface area contributed by atoms with E-state index in [0.717, 1.165) is 61.6 Å². The highest BCUT2D eigenvalue weighted by molar-refractivity contribution is 5.91. The molecule has 138 valence electrons. The van der Waals surface area contributed by atoms with Crippen LogP contribution in [0.3, 0.4) is 0 Å². The highest BCUT2D eigenvalue weighted by Crippen LogP contribution is 2.33. The third-order valence-electron chi connectivity index (χ3n) is 5.34. The number of piperazine rings is 1. The molecule has 3 aliphatic rings. The molecular formula is C23H24N2O2. The summed E-state index contributed by atoms with van der Waals surface area (Å²) in [5.74, 6) is 0.927. The number of ether oxygens (including phenoxy) is 1. The second-order valence-electron chi connectivity index (χ2n) is 6.92. The minimum absolute atomic E-state index is 0.781. The van der Waals surface area contributed by atoms with Crippen LogP contribution in [0, 0.1) is 0 Å². The van der Waals surface area contributed by atoms with Gasteiger partial charge in [0.15, 0.2) is 6.29 Å². The largest absolute Gasteiger partial charge is 0.495 e. The monoisotopic (exact) mass is 360 g/mol. The lowest BCUT2D eigenvalue weighted by molar-refractivity contribution is 0.112. The number of benzene rings is 1. The van der Waals surface area contributed by atoms with Gasteiger partial charge in [-0.15, -0.1) is 0 Å². The van der Waals surface area contributed by atoms with Crippen LogP contribution in [-0.2, 0) is 6.54 Å². The van der Waals surface area contributed by atoms with Crippen LogP contribution in [0.4, 0.5) is 5.69 Å². The summed E-state index contributed by atoms with van der Waals surface area (Å²) in [6, 6.07) is 20.4. The molecule has 27 heavy (non-hydrogen) atoms. The third kappa shape index (κ3) is 3.53. The number of fused-ring (bicyclic) bond motifs is 1. The van der Waals surface area contributed by atoms with E-state index in [0.29, 0.717) is 0 Å². The van der Waals surface area contributed by atoms with Gasteiger partial charge in [0, 0.05) is 38.3 Å². The van der Waals surface area contributed by atoms with Crippen molar-refractivity contribution in [3.05, 3.63) is 71.8 Å². The fourth-order valence-electron chi connectivity index (χ4n) is 3.93. The summed E-state index contributed by atoms with van der Waals surface area (Å²) in [7, 11) is 1.72. The molecule has 0 radical (unpaired) electrons. The number of carbonyl (C=O) groups is 1. The lowest BCUT2D eigenvalue weighted by atomic mass is 10.1. The molecule has 0 amide bonds. The summed E-state index contributed by atoms with van der Waals surface area (Å²) in [5.41, 5.74) is 5.39. The average molecular weight is 360 g/mol. The maximum absolute atomic E-state index is 11.5. The summed E-state index contributed by atoms with van der Waals surface area (Å²) in [4.78, 5) is 16.3. The highest BCUT2D eigenvalue weighted by atomic mass is 16.5. The molecule has 0 aromatic heterocycles. The highest BCUT2D eigenvalue weighted by Gasteiger charge is 2.22. The normalized spacial score (nSPS) is 15.1. The maximum atomic E-state index is 11.5. The van der Waals surface area contributed by atoms with E-state index < -0.39 is 0 Å². The van der Waals surface area contributed by atoms with Gasteiger partial charge in [-0.05, 0) is 34.9 Å². The predicted molar refractivity (Wildman–Crippen MR) is 109 cm³/mol. The first-order valence-corrected chi connectivity index (χ1v) is 9.36. The van der Waals surface area contributed by atoms with Crippen molar-refractivity contribution >= 4 is 12.0 Å². The van der Waals surface area contributed by atoms with Gasteiger partial charge in [-0.3, -0.25) is 9.69 Å². The van der Waals surface area contributed by atoms with Crippen LogP contribution in [0.5, 0.6) is 5.75 Å². The standard InChI is InChI=1S/C23H24N2O2/c1-27-23-10-6-5-9-22(23)25-13-11-24(12-14-25)16-18-15-19(17-26)21-8-4-2-3-7-20(18)21/h2-10,15,17H,11-14,16H2,1H3. The van der Waals surface area contributed by atoms with Crippen molar-refractivity contribution in [2.75, 3.05) is 38.2 Å². The van der Waals surface area contributed by atoms with E-state index in [9.17, 15) is 4.79 Å². The van der Waals surface area contributed by atoms with Crippen molar-refractivity contribution < 1.29 is 9.53 Å². The van der Waals surface area contributed by atoms with Crippen molar-refractivity contribution in [1.29, 1.82) is 0 Å². The third-order valence-corrected chi connectivity index (χ3v) is 5.34. The lowest BCUT2D eigenvalue weighted by Crippen LogP contribution is -2.46. The zero-order valence-corrected chi connectivity index (χ0v) is 15.6. The molecule has 0 spiro atoms. The van der Waals surface area contributed by atoms with Gasteiger partial charge in [0.05, 0.1) is 12.8 Å². The molecule has 0 atom stereocenters. The summed E-state index contributed by atoms with van der Waals surface area (Å²) in [6.07, 6.45) is 0.964. The number of carbonyl (C=O) groups excluding carboxylic acids is 1. The van der Waals surface area contributed by atoms with Gasteiger partial charge in [-0.2, -0.15) is 0 Å². The van der Waals surface area contributed by atoms with E-state index in [1.54, 1.807) is 7.11 Å². The fraction of sp³-hybridized carbons (Fsp3) is 0.261. The first kappa shape index (κ1) is 17.6. The number of hydrogen-bond donors (Lipinski definition) is 0. The van der Waals surface area contributed by atoms with Crippen molar-refractivity contribution in [2.45, 2.75) is 6.54 Å². The Morgan fingerprint density at radius 1 is 0.926 bits per heavy atom. The first-order valence-electron chi connectivity index (χ1n) is 9.36. The first-order chi connectivity index (χ1) is 13.3. The van der Waals surface area contributed by atoms with Crippen LogP contribution in [0.15, 0.2) is 60.7 Å². The van der Waals surface area contributed by atoms with Crippen LogP contribution in [0.2, 0.25) is 0 Å². The summed E-state index contributed by atoms with van der Waals surface area (Å²) in [6.45, 7) is 4.77. The summed E-state index contributed by atoms with van der Waals surface area (Å²) < 4.78 is 5.50. The van der Waals surface area contributed by atoms with Gasteiger partial charge in [-0.1, -0.05) is 42.5 Å². The van der Waals surface area contributed by atoms with E-state index in [1.807, 2.05) is 42.5 Å². The fourth-order valence-corrected chi connectivity index (χ4v) is 3.93. The van der Waals surface area contributed by atoms with Crippen molar-refractivity contribution in [1.82, 2.24) is 4.90 Å². The number of hydrogen-bond acceptors (Lipinski definition) is 4. The number of methoxy groups -OCH3 is 1. The van der Waals surface area contributed by atoms with Crippen molar-refractivity contribution in [3.8, 4) is 16.9 Å². The molecular weight excluding hydrogens is 336 g/mol. The molecule has 1 aromatic rings. The second kappa shape index (κ2) is 7.80. The van der Waals surface area contributed by atoms with Crippen molar-refractivity contribution in [3.63, 3.8) is 0 Å². The lowest BCUT2D eigenvalue weighted by Gasteiger charge is -2.36. The smallest absolute Gasteiger partial charge is 0.150 e. The van der Waals surface area contributed by atoms with Gasteiger partial charge in [0.2, 0.25) is 0 Å². The van der Waals surface area contributed by atoms with Crippen LogP contribution in [-0.4, -0.2) is 44.5 Å². The van der Waals surface area contributed by atoms with E-state index in [2.05, 4.69) is 28.0 Å². The molecule has 2 aliphatic carbocycles. The van der Waals surface area contributed by atoms with Gasteiger partial charge < -0.3 is 9.64 Å². The number of rotatable bonds is 5. The topological polar surface area (TPSA) is 32.8 Å². The molecule has 4 heteroatoms. The molecule has 0 saturated carbocycles. The Morgan fingerprint density at radius 2 is 1.63 bits per heavy atom. The van der Waals surface area contributed by atoms with E-state index >= 15 is 0 Å². The minimum Gasteiger partial charge on any atom is -0.495 e. The van der Waals surface area contributed by atoms with Gasteiger partial charge >= 0.3 is 0 Å². The van der Waals surface area contributed by atoms with Crippen molar-refractivity contribution in [2.24, 2.45) is 0 Å². The quantitative estimate of drug-likeness (QED) is 0.646. The molecule has 0 unspecified atom stereocenters. The zero-order chi connectivity index (χ0) is 18.6. The molecule has 0 N–H and O–H groups in total. The van der Waals surface area contributed by atoms with E-state index in [-0.39, 0.29) is 0 Å². The zero-order valence-electron chi connectivity index (χ0n) is 15.6. The van der Waals surface area contributed by atoms with E-state index in [4.69, 9.17) is 4.74 Å². The maximum Gasteiger partial charge on any atom is 0.150 e. The molecule has 4 nitrogen and oxygen atoms in total. The number of anilines is 1. The number of aldehydes is 1. The molecule has 4 rings (SSSR count). The van der Waals surface area contributed by atoms with Crippen LogP contribution in [0.1, 0.15) is 15.9 Å². The van der Waals surface area contributed by atoms with Crippen LogP contribution >= 0.6 is 0 Å². The molecule has 1 aromatic carbocycles. The Balaban J connectivity index is 1.48. The molecule has 0 bridgehead atoms. The SMILES string of the molecule is COc1ccccc1N1CCN(Cc2cc(C=O)c3cccccc2-3)CC1. The summed E-state index contributed by atoms with van der Waals surface area (Å²) in [5, 5.41) is 0. The summed E-state index contributed by atoms with van der Waals surface area (Å²) >= 11 is 0. The Labute approximate surface area is 160 Å². The Bertz CT molecular complexity index is 901. The van der Waals surface area contributed by atoms with Crippen LogP contribution in [0.25, 0.3) is 11.1 Å². The molecule has 1 fully saturated rings. The Hall–Kier alpha value is -2.85. The van der Waals surface area contributed by atoms with Gasteiger partial charge in [-0.25, -0.2) is 0 Å². The van der Waals surface area contributed by atoms with Gasteiger partial charge in [0.25, 0.3) is 0 Å². The van der Waals surface area contributed by atoms with Crippen LogP contribution < -0.4 is 9.64 Å². The number of nitrogens with zero attached hydrogens (tertiary/aromatic N) is 2. The average Bonchev–Trinajstić information content (AvgIpc) is 2.88. The van der Waals surface area contributed by atoms with E-state index in [1.165, 1.54) is 11.1 Å². The second-order valence-corrected chi connectivity index (χ2v) is 6.92. The number of para-hydroxylation sites is 2. The van der Waals surface area contributed by atoms with Gasteiger partial charge in [0.1, 0.15) is 5.75 Å². The Kier molecular flexibility index (Phi) is 5.07. The molecule has 1 heterocycles.